The third kappa shape index (κ3) is 2.45. The van der Waals surface area contributed by atoms with Crippen molar-refractivity contribution < 1.29 is 19.7 Å². The molecular formula is C10H20O4. The molecule has 4 atom stereocenters. The summed E-state index contributed by atoms with van der Waals surface area (Å²) in [7, 11) is 0. The fourth-order valence-corrected chi connectivity index (χ4v) is 1.65. The molecule has 0 radical (unpaired) electrons. The molecule has 0 spiro atoms. The molecule has 0 amide bonds. The lowest BCUT2D eigenvalue weighted by molar-refractivity contribution is -0.255. The summed E-state index contributed by atoms with van der Waals surface area (Å²) < 4.78 is 10.4. The lowest BCUT2D eigenvalue weighted by Crippen LogP contribution is -2.52. The van der Waals surface area contributed by atoms with E-state index in [1.165, 1.54) is 0 Å². The van der Waals surface area contributed by atoms with Gasteiger partial charge in [-0.25, -0.2) is 0 Å². The maximum absolute atomic E-state index is 9.84. The molecule has 1 fully saturated rings. The molecule has 1 aliphatic heterocycles. The normalized spacial score (nSPS) is 36.0. The third-order valence-electron chi connectivity index (χ3n) is 2.68. The van der Waals surface area contributed by atoms with E-state index in [1.54, 1.807) is 0 Å². The topological polar surface area (TPSA) is 58.9 Å². The van der Waals surface area contributed by atoms with Gasteiger partial charge in [0, 0.05) is 0 Å². The third-order valence-corrected chi connectivity index (χ3v) is 2.68. The Bertz CT molecular complexity index is 172. The Morgan fingerprint density at radius 1 is 1.36 bits per heavy atom. The minimum absolute atomic E-state index is 0.0743. The van der Waals surface area contributed by atoms with Crippen molar-refractivity contribution in [2.24, 2.45) is 5.92 Å². The molecule has 0 aliphatic carbocycles. The summed E-state index contributed by atoms with van der Waals surface area (Å²) in [5.41, 5.74) is 0. The van der Waals surface area contributed by atoms with E-state index in [4.69, 9.17) is 9.47 Å². The smallest absolute Gasteiger partial charge is 0.147 e. The molecule has 1 heterocycles. The predicted octanol–water partition coefficient (Wildman–Crippen LogP) is 0.516. The minimum Gasteiger partial charge on any atom is -0.390 e. The Kier molecular flexibility index (Phi) is 4.31. The fraction of sp³-hybridized carbons (Fsp3) is 1.00. The van der Waals surface area contributed by atoms with Gasteiger partial charge in [-0.2, -0.15) is 0 Å². The van der Waals surface area contributed by atoms with Gasteiger partial charge in [0.1, 0.15) is 19.0 Å². The molecule has 0 saturated carbocycles. The van der Waals surface area contributed by atoms with Crippen molar-refractivity contribution in [2.45, 2.75) is 51.6 Å². The molecule has 4 nitrogen and oxygen atoms in total. The van der Waals surface area contributed by atoms with E-state index >= 15 is 0 Å². The highest BCUT2D eigenvalue weighted by atomic mass is 16.7. The van der Waals surface area contributed by atoms with E-state index < -0.39 is 18.3 Å². The molecule has 0 aromatic rings. The van der Waals surface area contributed by atoms with Crippen molar-refractivity contribution in [3.63, 3.8) is 0 Å². The molecule has 1 saturated heterocycles. The Balaban J connectivity index is 2.59. The van der Waals surface area contributed by atoms with Crippen molar-refractivity contribution in [1.82, 2.24) is 0 Å². The molecule has 14 heavy (non-hydrogen) atoms. The lowest BCUT2D eigenvalue weighted by Gasteiger charge is -2.37. The van der Waals surface area contributed by atoms with Crippen LogP contribution in [0.15, 0.2) is 0 Å². The summed E-state index contributed by atoms with van der Waals surface area (Å²) in [5.74, 6) is 0.0743. The van der Waals surface area contributed by atoms with E-state index in [0.29, 0.717) is 0 Å². The van der Waals surface area contributed by atoms with Crippen LogP contribution >= 0.6 is 0 Å². The van der Waals surface area contributed by atoms with Crippen LogP contribution in [-0.4, -0.2) is 41.4 Å². The summed E-state index contributed by atoms with van der Waals surface area (Å²) in [4.78, 5) is 0. The van der Waals surface area contributed by atoms with Crippen molar-refractivity contribution in [2.75, 3.05) is 6.79 Å². The van der Waals surface area contributed by atoms with Crippen LogP contribution in [0.5, 0.6) is 0 Å². The molecule has 0 aromatic carbocycles. The fourth-order valence-electron chi connectivity index (χ4n) is 1.65. The highest BCUT2D eigenvalue weighted by Crippen LogP contribution is 2.22. The summed E-state index contributed by atoms with van der Waals surface area (Å²) in [5, 5.41) is 19.6. The molecule has 4 heteroatoms. The van der Waals surface area contributed by atoms with Gasteiger partial charge in [-0.05, 0) is 12.3 Å². The maximum atomic E-state index is 9.84. The quantitative estimate of drug-likeness (QED) is 0.703. The molecule has 1 rings (SSSR count). The molecule has 2 N–H and O–H groups in total. The molecule has 0 aromatic heterocycles. The molecule has 84 valence electrons. The van der Waals surface area contributed by atoms with Gasteiger partial charge in [0.15, 0.2) is 0 Å². The first-order valence-electron chi connectivity index (χ1n) is 5.17. The summed E-state index contributed by atoms with van der Waals surface area (Å²) in [6.07, 6.45) is -1.38. The van der Waals surface area contributed by atoms with Gasteiger partial charge in [-0.15, -0.1) is 0 Å². The van der Waals surface area contributed by atoms with E-state index in [1.807, 2.05) is 20.8 Å². The van der Waals surface area contributed by atoms with Crippen LogP contribution in [0.4, 0.5) is 0 Å². The highest BCUT2D eigenvalue weighted by molar-refractivity contribution is 4.85. The number of aliphatic hydroxyl groups is 2. The van der Waals surface area contributed by atoms with Gasteiger partial charge in [-0.1, -0.05) is 20.8 Å². The first-order chi connectivity index (χ1) is 6.57. The Morgan fingerprint density at radius 3 is 2.50 bits per heavy atom. The van der Waals surface area contributed by atoms with Crippen molar-refractivity contribution >= 4 is 0 Å². The SMILES string of the molecule is CC[C@H]1OCOC(C(O)C(C)C)C1O. The van der Waals surface area contributed by atoms with E-state index in [9.17, 15) is 10.2 Å². The van der Waals surface area contributed by atoms with Crippen LogP contribution in [0.1, 0.15) is 27.2 Å². The molecule has 0 bridgehead atoms. The predicted molar refractivity (Wildman–Crippen MR) is 51.8 cm³/mol. The summed E-state index contributed by atoms with van der Waals surface area (Å²) >= 11 is 0. The number of hydrogen-bond acceptors (Lipinski definition) is 4. The molecular weight excluding hydrogens is 184 g/mol. The lowest BCUT2D eigenvalue weighted by atomic mass is 9.94. The number of aliphatic hydroxyl groups excluding tert-OH is 2. The Morgan fingerprint density at radius 2 is 2.00 bits per heavy atom. The minimum atomic E-state index is -0.730. The first-order valence-corrected chi connectivity index (χ1v) is 5.17. The van der Waals surface area contributed by atoms with Gasteiger partial charge < -0.3 is 19.7 Å². The second-order valence-electron chi connectivity index (χ2n) is 4.09. The first kappa shape index (κ1) is 11.9. The van der Waals surface area contributed by atoms with E-state index in [-0.39, 0.29) is 18.8 Å². The van der Waals surface area contributed by atoms with Crippen LogP contribution in [0.3, 0.4) is 0 Å². The average Bonchev–Trinajstić information content (AvgIpc) is 2.17. The maximum Gasteiger partial charge on any atom is 0.147 e. The van der Waals surface area contributed by atoms with Crippen molar-refractivity contribution in [3.8, 4) is 0 Å². The van der Waals surface area contributed by atoms with E-state index in [2.05, 4.69) is 0 Å². The van der Waals surface area contributed by atoms with Crippen molar-refractivity contribution in [1.29, 1.82) is 0 Å². The van der Waals surface area contributed by atoms with Crippen LogP contribution in [0, 0.1) is 5.92 Å². The number of rotatable bonds is 3. The average molecular weight is 204 g/mol. The number of ether oxygens (including phenoxy) is 2. The highest BCUT2D eigenvalue weighted by Gasteiger charge is 2.38. The number of hydrogen-bond donors (Lipinski definition) is 2. The second-order valence-corrected chi connectivity index (χ2v) is 4.09. The molecule has 1 aliphatic rings. The summed E-state index contributed by atoms with van der Waals surface area (Å²) in [6.45, 7) is 5.90. The zero-order valence-electron chi connectivity index (χ0n) is 9.01. The molecule has 3 unspecified atom stereocenters. The van der Waals surface area contributed by atoms with Crippen LogP contribution in [0.2, 0.25) is 0 Å². The van der Waals surface area contributed by atoms with Gasteiger partial charge in [0.25, 0.3) is 0 Å². The van der Waals surface area contributed by atoms with Crippen LogP contribution in [-0.2, 0) is 9.47 Å². The largest absolute Gasteiger partial charge is 0.390 e. The standard InChI is InChI=1S/C10H20O4/c1-4-7-9(12)10(14-5-13-7)8(11)6(2)3/h6-12H,4-5H2,1-3H3/t7-,8?,9?,10?/m1/s1. The van der Waals surface area contributed by atoms with Gasteiger partial charge in [-0.3, -0.25) is 0 Å². The van der Waals surface area contributed by atoms with Crippen molar-refractivity contribution in [3.05, 3.63) is 0 Å². The van der Waals surface area contributed by atoms with E-state index in [0.717, 1.165) is 6.42 Å². The van der Waals surface area contributed by atoms with Crippen LogP contribution < -0.4 is 0 Å². The Hall–Kier alpha value is -0.160. The second kappa shape index (κ2) is 5.07. The van der Waals surface area contributed by atoms with Gasteiger partial charge in [0.05, 0.1) is 12.2 Å². The monoisotopic (exact) mass is 204 g/mol. The zero-order chi connectivity index (χ0) is 10.7. The van der Waals surface area contributed by atoms with Gasteiger partial charge >= 0.3 is 0 Å². The van der Waals surface area contributed by atoms with Crippen LogP contribution in [0.25, 0.3) is 0 Å². The van der Waals surface area contributed by atoms with Gasteiger partial charge in [0.2, 0.25) is 0 Å². The summed E-state index contributed by atoms with van der Waals surface area (Å²) in [6, 6.07) is 0. The Labute approximate surface area is 84.8 Å². The zero-order valence-corrected chi connectivity index (χ0v) is 9.01.